The van der Waals surface area contributed by atoms with Gasteiger partial charge in [0.2, 0.25) is 0 Å². The van der Waals surface area contributed by atoms with Crippen LogP contribution in [-0.4, -0.2) is 110 Å². The average molecular weight is 593 g/mol. The largest absolute Gasteiger partial charge is 0.508 e. The summed E-state index contributed by atoms with van der Waals surface area (Å²) in [4.78, 5) is 13.3. The first kappa shape index (κ1) is 30.2. The van der Waals surface area contributed by atoms with Gasteiger partial charge in [0.25, 0.3) is 0 Å². The number of hydrogen-bond donors (Lipinski definition) is 8. The van der Waals surface area contributed by atoms with Crippen LogP contribution in [0.2, 0.25) is 0 Å². The van der Waals surface area contributed by atoms with Gasteiger partial charge in [-0.3, -0.25) is 4.79 Å². The van der Waals surface area contributed by atoms with Crippen molar-refractivity contribution in [2.24, 2.45) is 0 Å². The maximum absolute atomic E-state index is 13.3. The summed E-state index contributed by atoms with van der Waals surface area (Å²) in [6.07, 6.45) is -15.6. The fraction of sp³-hybridized carbons (Fsp3) is 0.464. The van der Waals surface area contributed by atoms with Gasteiger partial charge in [0.15, 0.2) is 11.7 Å². The number of methoxy groups -OCH3 is 1. The molecule has 2 aliphatic rings. The van der Waals surface area contributed by atoms with Gasteiger partial charge in [-0.25, -0.2) is 0 Å². The summed E-state index contributed by atoms with van der Waals surface area (Å²) in [7, 11) is 1.26. The highest BCUT2D eigenvalue weighted by Gasteiger charge is 2.51. The Labute approximate surface area is 238 Å². The minimum atomic E-state index is -1.80. The van der Waals surface area contributed by atoms with Crippen molar-refractivity contribution in [2.45, 2.75) is 68.1 Å². The van der Waals surface area contributed by atoms with Gasteiger partial charge in [-0.2, -0.15) is 0 Å². The minimum Gasteiger partial charge on any atom is -0.508 e. The fourth-order valence-corrected chi connectivity index (χ4v) is 5.26. The maximum atomic E-state index is 13.3. The number of phenols is 2. The molecule has 3 aromatic rings. The van der Waals surface area contributed by atoms with E-state index < -0.39 is 79.0 Å². The Bertz CT molecular complexity index is 1470. The van der Waals surface area contributed by atoms with Crippen molar-refractivity contribution in [2.75, 3.05) is 13.7 Å². The van der Waals surface area contributed by atoms with Crippen LogP contribution in [0.1, 0.15) is 18.6 Å². The standard InChI is InChI=1S/C28H32O14/c1-10-20(32)23(35)25(37)28(39-10)42-27-24(36)21(33)17(9-29)41-26(27)19-15(38-2)8-16-18(22(19)34)13(31)7-14(40-16)11-3-5-12(30)6-4-11/h3-8,10,17,20-21,23-30,32-37H,9H2,1-2H3. The van der Waals surface area contributed by atoms with Crippen LogP contribution in [0.25, 0.3) is 22.3 Å². The molecule has 14 nitrogen and oxygen atoms in total. The van der Waals surface area contributed by atoms with Crippen LogP contribution in [0.5, 0.6) is 17.2 Å². The average Bonchev–Trinajstić information content (AvgIpc) is 2.97. The molecule has 1 aromatic heterocycles. The monoisotopic (exact) mass is 592 g/mol. The summed E-state index contributed by atoms with van der Waals surface area (Å²) in [5.74, 6) is -0.606. The van der Waals surface area contributed by atoms with Crippen molar-refractivity contribution >= 4 is 11.0 Å². The third-order valence-corrected chi connectivity index (χ3v) is 7.62. The summed E-state index contributed by atoms with van der Waals surface area (Å²) >= 11 is 0. The van der Waals surface area contributed by atoms with Crippen LogP contribution in [0.15, 0.2) is 45.6 Å². The molecule has 14 heteroatoms. The number of ether oxygens (including phenoxy) is 4. The van der Waals surface area contributed by atoms with Crippen LogP contribution >= 0.6 is 0 Å². The topological polar surface area (TPSA) is 229 Å². The Kier molecular flexibility index (Phi) is 8.44. The molecular formula is C28H32O14. The number of hydrogen-bond acceptors (Lipinski definition) is 14. The van der Waals surface area contributed by atoms with Crippen molar-refractivity contribution in [1.82, 2.24) is 0 Å². The lowest BCUT2D eigenvalue weighted by Crippen LogP contribution is -2.61. The molecule has 0 saturated carbocycles. The molecule has 0 radical (unpaired) electrons. The second-order valence-electron chi connectivity index (χ2n) is 10.3. The molecule has 5 rings (SSSR count). The Morgan fingerprint density at radius 2 is 1.57 bits per heavy atom. The molecule has 228 valence electrons. The van der Waals surface area contributed by atoms with Crippen molar-refractivity contribution in [1.29, 1.82) is 0 Å². The van der Waals surface area contributed by atoms with E-state index in [1.54, 1.807) is 0 Å². The van der Waals surface area contributed by atoms with Gasteiger partial charge in [0.1, 0.15) is 82.8 Å². The SMILES string of the molecule is COc1cc2oc(-c3ccc(O)cc3)cc(=O)c2c(O)c1C1OC(CO)C(O)C(O)C1OC1OC(C)C(O)C(O)C1O. The molecule has 2 aliphatic heterocycles. The van der Waals surface area contributed by atoms with Gasteiger partial charge in [0.05, 0.1) is 25.4 Å². The molecule has 0 amide bonds. The molecule has 2 saturated heterocycles. The van der Waals surface area contributed by atoms with Crippen molar-refractivity contribution < 1.29 is 64.2 Å². The minimum absolute atomic E-state index is 0.00915. The van der Waals surface area contributed by atoms with Gasteiger partial charge in [-0.15, -0.1) is 0 Å². The second kappa shape index (κ2) is 11.8. The Morgan fingerprint density at radius 1 is 0.881 bits per heavy atom. The third kappa shape index (κ3) is 5.21. The van der Waals surface area contributed by atoms with Crippen LogP contribution < -0.4 is 10.2 Å². The molecule has 0 aliphatic carbocycles. The lowest BCUT2D eigenvalue weighted by molar-refractivity contribution is -0.338. The van der Waals surface area contributed by atoms with Crippen molar-refractivity contribution in [3.8, 4) is 28.6 Å². The lowest BCUT2D eigenvalue weighted by Gasteiger charge is -2.46. The van der Waals surface area contributed by atoms with E-state index in [0.717, 1.165) is 6.07 Å². The summed E-state index contributed by atoms with van der Waals surface area (Å²) in [6.45, 7) is 0.669. The van der Waals surface area contributed by atoms with Gasteiger partial charge in [0, 0.05) is 17.7 Å². The van der Waals surface area contributed by atoms with Crippen LogP contribution in [0, 0.1) is 0 Å². The van der Waals surface area contributed by atoms with Gasteiger partial charge in [-0.1, -0.05) is 0 Å². The van der Waals surface area contributed by atoms with Crippen LogP contribution in [0.3, 0.4) is 0 Å². The molecule has 0 spiro atoms. The zero-order chi connectivity index (χ0) is 30.5. The quantitative estimate of drug-likeness (QED) is 0.176. The van der Waals surface area contributed by atoms with Crippen molar-refractivity contribution in [3.63, 3.8) is 0 Å². The predicted molar refractivity (Wildman–Crippen MR) is 142 cm³/mol. The zero-order valence-electron chi connectivity index (χ0n) is 22.5. The Hall–Kier alpha value is -3.31. The van der Waals surface area contributed by atoms with Gasteiger partial charge >= 0.3 is 0 Å². The van der Waals surface area contributed by atoms with Crippen LogP contribution in [-0.2, 0) is 14.2 Å². The number of aliphatic hydroxyl groups excluding tert-OH is 6. The first-order valence-electron chi connectivity index (χ1n) is 13.1. The number of benzene rings is 2. The van der Waals surface area contributed by atoms with E-state index in [1.807, 2.05) is 0 Å². The molecule has 10 atom stereocenters. The number of aromatic hydroxyl groups is 2. The van der Waals surface area contributed by atoms with E-state index in [2.05, 4.69) is 0 Å². The Morgan fingerprint density at radius 3 is 2.21 bits per heavy atom. The predicted octanol–water partition coefficient (Wildman–Crippen LogP) is -0.754. The highest BCUT2D eigenvalue weighted by molar-refractivity contribution is 5.88. The fourth-order valence-electron chi connectivity index (χ4n) is 5.26. The number of fused-ring (bicyclic) bond motifs is 1. The number of phenolic OH excluding ortho intramolecular Hbond substituents is 2. The maximum Gasteiger partial charge on any atom is 0.197 e. The molecule has 10 unspecified atom stereocenters. The first-order chi connectivity index (χ1) is 20.0. The first-order valence-corrected chi connectivity index (χ1v) is 13.1. The normalized spacial score (nSPS) is 33.5. The van der Waals surface area contributed by atoms with E-state index in [9.17, 15) is 45.6 Å². The van der Waals surface area contributed by atoms with E-state index in [0.29, 0.717) is 5.56 Å². The van der Waals surface area contributed by atoms with E-state index in [4.69, 9.17) is 23.4 Å². The van der Waals surface area contributed by atoms with Crippen LogP contribution in [0.4, 0.5) is 0 Å². The zero-order valence-corrected chi connectivity index (χ0v) is 22.5. The molecule has 42 heavy (non-hydrogen) atoms. The smallest absolute Gasteiger partial charge is 0.197 e. The van der Waals surface area contributed by atoms with Gasteiger partial charge in [-0.05, 0) is 31.2 Å². The van der Waals surface area contributed by atoms with E-state index >= 15 is 0 Å². The molecule has 2 aromatic carbocycles. The summed E-state index contributed by atoms with van der Waals surface area (Å²) in [5.41, 5.74) is -0.477. The molecule has 0 bridgehead atoms. The second-order valence-corrected chi connectivity index (χ2v) is 10.3. The summed E-state index contributed by atoms with van der Waals surface area (Å²) in [6, 6.07) is 8.31. The van der Waals surface area contributed by atoms with Gasteiger partial charge < -0.3 is 64.2 Å². The summed E-state index contributed by atoms with van der Waals surface area (Å²) < 4.78 is 28.5. The highest BCUT2D eigenvalue weighted by Crippen LogP contribution is 2.46. The number of rotatable bonds is 6. The molecular weight excluding hydrogens is 560 g/mol. The van der Waals surface area contributed by atoms with E-state index in [1.165, 1.54) is 44.4 Å². The Balaban J connectivity index is 1.61. The molecule has 8 N–H and O–H groups in total. The molecule has 3 heterocycles. The lowest BCUT2D eigenvalue weighted by atomic mass is 9.89. The number of aliphatic hydroxyl groups is 6. The van der Waals surface area contributed by atoms with Crippen molar-refractivity contribution in [3.05, 3.63) is 52.2 Å². The molecule has 2 fully saturated rings. The van der Waals surface area contributed by atoms with E-state index in [-0.39, 0.29) is 33.8 Å². The third-order valence-electron chi connectivity index (χ3n) is 7.62. The highest BCUT2D eigenvalue weighted by atomic mass is 16.7. The summed E-state index contributed by atoms with van der Waals surface area (Å²) in [5, 5.41) is 83.0.